The molecule has 1 aliphatic rings. The first-order valence-corrected chi connectivity index (χ1v) is 4.98. The molecule has 1 rings (SSSR count). The first kappa shape index (κ1) is 11.3. The van der Waals surface area contributed by atoms with E-state index < -0.39 is 0 Å². The zero-order valence-electron chi connectivity index (χ0n) is 8.86. The molecule has 0 spiro atoms. The lowest BCUT2D eigenvalue weighted by Gasteiger charge is -2.17. The van der Waals surface area contributed by atoms with Gasteiger partial charge in [-0.05, 0) is 20.0 Å². The Bertz CT molecular complexity index is 198. The highest BCUT2D eigenvalue weighted by Crippen LogP contribution is 2.15. The number of aliphatic hydroxyl groups excluding tert-OH is 1. The van der Waals surface area contributed by atoms with E-state index in [2.05, 4.69) is 5.32 Å². The molecule has 0 bridgehead atoms. The van der Waals surface area contributed by atoms with E-state index in [1.54, 1.807) is 9.80 Å². The predicted octanol–water partition coefficient (Wildman–Crippen LogP) is -0.676. The van der Waals surface area contributed by atoms with Crippen molar-refractivity contribution in [1.82, 2.24) is 15.1 Å². The van der Waals surface area contributed by atoms with Crippen LogP contribution in [0.1, 0.15) is 6.42 Å². The number of β-amino-alcohol motifs (C(OH)–C–C–N with tert-alkyl or cyclic N) is 1. The topological polar surface area (TPSA) is 55.8 Å². The Morgan fingerprint density at radius 1 is 1.64 bits per heavy atom. The summed E-state index contributed by atoms with van der Waals surface area (Å²) in [5, 5.41) is 11.8. The minimum atomic E-state index is 0.0279. The van der Waals surface area contributed by atoms with Gasteiger partial charge in [-0.25, -0.2) is 4.79 Å². The fraction of sp³-hybridized carbons (Fsp3) is 0.889. The largest absolute Gasteiger partial charge is 0.395 e. The number of nitrogens with zero attached hydrogens (tertiary/aromatic N) is 2. The van der Waals surface area contributed by atoms with E-state index in [1.165, 1.54) is 0 Å². The van der Waals surface area contributed by atoms with Crippen LogP contribution in [0.4, 0.5) is 4.79 Å². The number of hydrogen-bond acceptors (Lipinski definition) is 3. The average Bonchev–Trinajstić information content (AvgIpc) is 2.44. The predicted molar refractivity (Wildman–Crippen MR) is 54.1 cm³/mol. The lowest BCUT2D eigenvalue weighted by Crippen LogP contribution is -2.33. The first-order valence-electron chi connectivity index (χ1n) is 4.98. The van der Waals surface area contributed by atoms with Crippen LogP contribution in [0.3, 0.4) is 0 Å². The van der Waals surface area contributed by atoms with Gasteiger partial charge in [-0.2, -0.15) is 0 Å². The second-order valence-electron chi connectivity index (χ2n) is 3.61. The van der Waals surface area contributed by atoms with E-state index in [0.717, 1.165) is 19.5 Å². The number of carbonyl (C=O) groups is 1. The molecule has 1 aliphatic heterocycles. The Balaban J connectivity index is 2.44. The molecule has 2 amide bonds. The summed E-state index contributed by atoms with van der Waals surface area (Å²) in [7, 11) is 3.72. The highest BCUT2D eigenvalue weighted by Gasteiger charge is 2.33. The standard InChI is InChI=1S/C9H19N3O2/c1-10-4-3-8-7-12(5-6-13)9(14)11(8)2/h8,10,13H,3-7H2,1-2H3. The van der Waals surface area contributed by atoms with E-state index in [4.69, 9.17) is 5.11 Å². The van der Waals surface area contributed by atoms with Crippen LogP contribution < -0.4 is 5.32 Å². The summed E-state index contributed by atoms with van der Waals surface area (Å²) in [6.07, 6.45) is 0.959. The van der Waals surface area contributed by atoms with E-state index in [1.807, 2.05) is 14.1 Å². The number of aliphatic hydroxyl groups is 1. The van der Waals surface area contributed by atoms with Gasteiger partial charge in [0.2, 0.25) is 0 Å². The molecule has 5 nitrogen and oxygen atoms in total. The van der Waals surface area contributed by atoms with Crippen LogP contribution in [-0.2, 0) is 0 Å². The van der Waals surface area contributed by atoms with Crippen molar-refractivity contribution in [3.05, 3.63) is 0 Å². The van der Waals surface area contributed by atoms with E-state index >= 15 is 0 Å². The van der Waals surface area contributed by atoms with Crippen LogP contribution >= 0.6 is 0 Å². The molecule has 1 saturated heterocycles. The Morgan fingerprint density at radius 3 is 2.93 bits per heavy atom. The van der Waals surface area contributed by atoms with Crippen molar-refractivity contribution in [2.75, 3.05) is 40.3 Å². The maximum atomic E-state index is 11.6. The van der Waals surface area contributed by atoms with E-state index in [0.29, 0.717) is 6.54 Å². The zero-order chi connectivity index (χ0) is 10.6. The van der Waals surface area contributed by atoms with Gasteiger partial charge in [0.1, 0.15) is 0 Å². The summed E-state index contributed by atoms with van der Waals surface area (Å²) in [5.41, 5.74) is 0. The summed E-state index contributed by atoms with van der Waals surface area (Å²) in [6.45, 7) is 2.13. The Hall–Kier alpha value is -0.810. The molecular formula is C9H19N3O2. The van der Waals surface area contributed by atoms with Crippen molar-refractivity contribution in [2.45, 2.75) is 12.5 Å². The number of hydrogen-bond donors (Lipinski definition) is 2. The van der Waals surface area contributed by atoms with Crippen LogP contribution in [0.25, 0.3) is 0 Å². The van der Waals surface area contributed by atoms with Gasteiger partial charge >= 0.3 is 6.03 Å². The molecule has 1 heterocycles. The van der Waals surface area contributed by atoms with E-state index in [9.17, 15) is 4.79 Å². The normalized spacial score (nSPS) is 22.2. The monoisotopic (exact) mass is 201 g/mol. The third kappa shape index (κ3) is 2.36. The Morgan fingerprint density at radius 2 is 2.36 bits per heavy atom. The molecule has 1 fully saturated rings. The van der Waals surface area contributed by atoms with E-state index in [-0.39, 0.29) is 18.7 Å². The van der Waals surface area contributed by atoms with Crippen molar-refractivity contribution in [1.29, 1.82) is 0 Å². The van der Waals surface area contributed by atoms with Gasteiger partial charge in [-0.1, -0.05) is 0 Å². The molecule has 2 N–H and O–H groups in total. The molecule has 1 atom stereocenters. The highest BCUT2D eigenvalue weighted by atomic mass is 16.3. The van der Waals surface area contributed by atoms with Crippen LogP contribution in [-0.4, -0.2) is 67.3 Å². The molecule has 14 heavy (non-hydrogen) atoms. The number of likely N-dealkylation sites (N-methyl/N-ethyl adjacent to an activating group) is 1. The highest BCUT2D eigenvalue weighted by molar-refractivity contribution is 5.76. The molecule has 0 aromatic rings. The fourth-order valence-corrected chi connectivity index (χ4v) is 1.74. The van der Waals surface area contributed by atoms with Gasteiger partial charge in [0.05, 0.1) is 12.6 Å². The molecule has 0 radical (unpaired) electrons. The number of nitrogens with one attached hydrogen (secondary N) is 1. The van der Waals surface area contributed by atoms with Crippen molar-refractivity contribution in [3.8, 4) is 0 Å². The zero-order valence-corrected chi connectivity index (χ0v) is 8.86. The van der Waals surface area contributed by atoms with Crippen molar-refractivity contribution in [3.63, 3.8) is 0 Å². The van der Waals surface area contributed by atoms with Crippen molar-refractivity contribution >= 4 is 6.03 Å². The molecule has 5 heteroatoms. The van der Waals surface area contributed by atoms with Crippen LogP contribution in [0, 0.1) is 0 Å². The van der Waals surface area contributed by atoms with Crippen molar-refractivity contribution in [2.24, 2.45) is 0 Å². The van der Waals surface area contributed by atoms with Crippen LogP contribution in [0.15, 0.2) is 0 Å². The Labute approximate surface area is 84.7 Å². The smallest absolute Gasteiger partial charge is 0.320 e. The number of carbonyl (C=O) groups excluding carboxylic acids is 1. The second-order valence-corrected chi connectivity index (χ2v) is 3.61. The molecule has 0 aromatic heterocycles. The van der Waals surface area contributed by atoms with Gasteiger partial charge in [-0.3, -0.25) is 0 Å². The van der Waals surface area contributed by atoms with Gasteiger partial charge < -0.3 is 20.2 Å². The van der Waals surface area contributed by atoms with Crippen LogP contribution in [0.2, 0.25) is 0 Å². The van der Waals surface area contributed by atoms with Gasteiger partial charge in [0.15, 0.2) is 0 Å². The Kier molecular flexibility index (Phi) is 4.16. The SMILES string of the molecule is CNCCC1CN(CCO)C(=O)N1C. The van der Waals surface area contributed by atoms with Crippen LogP contribution in [0.5, 0.6) is 0 Å². The minimum Gasteiger partial charge on any atom is -0.395 e. The maximum Gasteiger partial charge on any atom is 0.320 e. The quantitative estimate of drug-likeness (QED) is 0.620. The van der Waals surface area contributed by atoms with Gasteiger partial charge in [0.25, 0.3) is 0 Å². The fourth-order valence-electron chi connectivity index (χ4n) is 1.74. The molecular weight excluding hydrogens is 182 g/mol. The molecule has 82 valence electrons. The minimum absolute atomic E-state index is 0.0279. The molecule has 0 saturated carbocycles. The summed E-state index contributed by atoms with van der Waals surface area (Å²) < 4.78 is 0. The summed E-state index contributed by atoms with van der Waals surface area (Å²) >= 11 is 0. The number of rotatable bonds is 5. The lowest BCUT2D eigenvalue weighted by molar-refractivity contribution is 0.182. The number of amides is 2. The van der Waals surface area contributed by atoms with Gasteiger partial charge in [0, 0.05) is 20.1 Å². The second kappa shape index (κ2) is 5.17. The third-order valence-corrected chi connectivity index (χ3v) is 2.65. The first-order chi connectivity index (χ1) is 6.70. The average molecular weight is 201 g/mol. The molecule has 0 aromatic carbocycles. The summed E-state index contributed by atoms with van der Waals surface area (Å²) in [5.74, 6) is 0. The third-order valence-electron chi connectivity index (χ3n) is 2.65. The van der Waals surface area contributed by atoms with Crippen molar-refractivity contribution < 1.29 is 9.90 Å². The molecule has 1 unspecified atom stereocenters. The molecule has 0 aliphatic carbocycles. The summed E-state index contributed by atoms with van der Waals surface area (Å²) in [6, 6.07) is 0.307. The van der Waals surface area contributed by atoms with Gasteiger partial charge in [-0.15, -0.1) is 0 Å². The lowest BCUT2D eigenvalue weighted by atomic mass is 10.2. The number of urea groups is 1. The summed E-state index contributed by atoms with van der Waals surface area (Å²) in [4.78, 5) is 15.0. The maximum absolute atomic E-state index is 11.6.